The second-order valence-electron chi connectivity index (χ2n) is 7.77. The lowest BCUT2D eigenvalue weighted by molar-refractivity contribution is -0.136. The van der Waals surface area contributed by atoms with E-state index in [0.717, 1.165) is 12.0 Å². The molecule has 0 unspecified atom stereocenters. The fourth-order valence-corrected chi connectivity index (χ4v) is 4.91. The van der Waals surface area contributed by atoms with E-state index < -0.39 is 6.10 Å². The first kappa shape index (κ1) is 25.3. The average molecular weight is 489 g/mol. The third-order valence-corrected chi connectivity index (χ3v) is 6.60. The minimum absolute atomic E-state index is 0.0184. The van der Waals surface area contributed by atoms with Crippen molar-refractivity contribution in [2.24, 2.45) is 0 Å². The van der Waals surface area contributed by atoms with Gasteiger partial charge in [-0.3, -0.25) is 9.69 Å². The first-order valence-corrected chi connectivity index (χ1v) is 12.0. The lowest BCUT2D eigenvalue weighted by Gasteiger charge is -2.37. The molecule has 0 aliphatic carbocycles. The number of nitrogens with zero attached hydrogens (tertiary/aromatic N) is 2. The van der Waals surface area contributed by atoms with Crippen molar-refractivity contribution in [1.82, 2.24) is 9.80 Å². The Bertz CT molecular complexity index is 956. The molecule has 0 radical (unpaired) electrons. The summed E-state index contributed by atoms with van der Waals surface area (Å²) >= 11 is 7.68. The van der Waals surface area contributed by atoms with E-state index in [2.05, 4.69) is 23.9 Å². The SMILES string of the molecule is C#CCOC[C@H](O)CN(CC=C)CC(=O)N1CCc2sccc2[C@@H]1COc1ccc(Cl)cc1. The van der Waals surface area contributed by atoms with E-state index in [9.17, 15) is 9.90 Å². The van der Waals surface area contributed by atoms with Crippen LogP contribution in [0.5, 0.6) is 5.75 Å². The number of carbonyl (C=O) groups excluding carboxylic acids is 1. The van der Waals surface area contributed by atoms with Crippen molar-refractivity contribution in [3.05, 3.63) is 63.8 Å². The van der Waals surface area contributed by atoms with Crippen LogP contribution in [-0.2, 0) is 16.0 Å². The van der Waals surface area contributed by atoms with Crippen molar-refractivity contribution in [2.45, 2.75) is 18.6 Å². The van der Waals surface area contributed by atoms with Crippen LogP contribution in [0.4, 0.5) is 0 Å². The van der Waals surface area contributed by atoms with Crippen LogP contribution in [-0.4, -0.2) is 72.9 Å². The molecule has 0 saturated heterocycles. The van der Waals surface area contributed by atoms with Gasteiger partial charge in [0.05, 0.1) is 25.3 Å². The van der Waals surface area contributed by atoms with Gasteiger partial charge in [0.15, 0.2) is 0 Å². The molecular formula is C25H29ClN2O4S. The second-order valence-corrected chi connectivity index (χ2v) is 9.21. The van der Waals surface area contributed by atoms with Gasteiger partial charge in [-0.2, -0.15) is 0 Å². The summed E-state index contributed by atoms with van der Waals surface area (Å²) < 4.78 is 11.2. The van der Waals surface area contributed by atoms with Crippen molar-refractivity contribution < 1.29 is 19.4 Å². The van der Waals surface area contributed by atoms with Gasteiger partial charge in [0.2, 0.25) is 5.91 Å². The number of aliphatic hydroxyl groups is 1. The van der Waals surface area contributed by atoms with Crippen LogP contribution in [0.1, 0.15) is 16.5 Å². The molecule has 1 N–H and O–H groups in total. The lowest BCUT2D eigenvalue weighted by atomic mass is 10.0. The van der Waals surface area contributed by atoms with E-state index in [1.807, 2.05) is 21.9 Å². The molecule has 0 fully saturated rings. The number of benzene rings is 1. The molecule has 1 aromatic carbocycles. The Morgan fingerprint density at radius 3 is 2.94 bits per heavy atom. The zero-order valence-electron chi connectivity index (χ0n) is 18.5. The first-order valence-electron chi connectivity index (χ1n) is 10.8. The van der Waals surface area contributed by atoms with Crippen LogP contribution >= 0.6 is 22.9 Å². The molecule has 2 heterocycles. The normalized spacial score (nSPS) is 16.2. The van der Waals surface area contributed by atoms with Gasteiger partial charge in [-0.25, -0.2) is 0 Å². The molecule has 8 heteroatoms. The smallest absolute Gasteiger partial charge is 0.237 e. The predicted octanol–water partition coefficient (Wildman–Crippen LogP) is 3.41. The molecule has 33 heavy (non-hydrogen) atoms. The maximum absolute atomic E-state index is 13.4. The van der Waals surface area contributed by atoms with Gasteiger partial charge in [0.1, 0.15) is 19.0 Å². The Morgan fingerprint density at radius 1 is 1.42 bits per heavy atom. The highest BCUT2D eigenvalue weighted by atomic mass is 35.5. The Balaban J connectivity index is 1.67. The number of halogens is 1. The van der Waals surface area contributed by atoms with Crippen LogP contribution in [0, 0.1) is 12.3 Å². The molecule has 0 bridgehead atoms. The number of hydrogen-bond donors (Lipinski definition) is 1. The highest BCUT2D eigenvalue weighted by molar-refractivity contribution is 7.10. The Labute approximate surface area is 204 Å². The summed E-state index contributed by atoms with van der Waals surface area (Å²) in [6.45, 7) is 5.92. The summed E-state index contributed by atoms with van der Waals surface area (Å²) in [7, 11) is 0. The lowest BCUT2D eigenvalue weighted by Crippen LogP contribution is -2.48. The number of thiophene rings is 1. The molecule has 2 aromatic rings. The minimum atomic E-state index is -0.750. The zero-order valence-corrected chi connectivity index (χ0v) is 20.1. The van der Waals surface area contributed by atoms with E-state index >= 15 is 0 Å². The third kappa shape index (κ3) is 7.32. The summed E-state index contributed by atoms with van der Waals surface area (Å²) in [6, 6.07) is 9.09. The number of rotatable bonds is 12. The van der Waals surface area contributed by atoms with Crippen molar-refractivity contribution in [2.75, 3.05) is 46.0 Å². The van der Waals surface area contributed by atoms with Crippen molar-refractivity contribution >= 4 is 28.8 Å². The zero-order chi connectivity index (χ0) is 23.6. The quantitative estimate of drug-likeness (QED) is 0.282. The first-order chi connectivity index (χ1) is 16.0. The van der Waals surface area contributed by atoms with Crippen LogP contribution in [0.3, 0.4) is 0 Å². The maximum Gasteiger partial charge on any atom is 0.237 e. The van der Waals surface area contributed by atoms with Crippen molar-refractivity contribution in [3.8, 4) is 18.1 Å². The average Bonchev–Trinajstić information content (AvgIpc) is 3.28. The molecule has 1 aliphatic heterocycles. The van der Waals surface area contributed by atoms with Gasteiger partial charge < -0.3 is 19.5 Å². The monoisotopic (exact) mass is 488 g/mol. The Kier molecular flexibility index (Phi) is 9.79. The number of fused-ring (bicyclic) bond motifs is 1. The molecule has 3 rings (SSSR count). The van der Waals surface area contributed by atoms with Crippen LogP contribution in [0.25, 0.3) is 0 Å². The summed E-state index contributed by atoms with van der Waals surface area (Å²) in [5, 5.41) is 13.0. The molecule has 0 spiro atoms. The van der Waals surface area contributed by atoms with Gasteiger partial charge in [0.25, 0.3) is 0 Å². The highest BCUT2D eigenvalue weighted by Crippen LogP contribution is 2.34. The van der Waals surface area contributed by atoms with E-state index in [1.165, 1.54) is 4.88 Å². The van der Waals surface area contributed by atoms with Gasteiger partial charge >= 0.3 is 0 Å². The van der Waals surface area contributed by atoms with Crippen LogP contribution in [0.15, 0.2) is 48.4 Å². The number of carbonyl (C=O) groups is 1. The summed E-state index contributed by atoms with van der Waals surface area (Å²) in [5.74, 6) is 3.06. The Hall–Kier alpha value is -2.34. The van der Waals surface area contributed by atoms with Crippen molar-refractivity contribution in [3.63, 3.8) is 0 Å². The number of ether oxygens (including phenoxy) is 2. The van der Waals surface area contributed by atoms with Crippen LogP contribution in [0.2, 0.25) is 5.02 Å². The summed E-state index contributed by atoms with van der Waals surface area (Å²) in [4.78, 5) is 18.4. The van der Waals surface area contributed by atoms with Gasteiger partial charge in [-0.05, 0) is 47.7 Å². The second kappa shape index (κ2) is 12.8. The molecular weight excluding hydrogens is 460 g/mol. The van der Waals surface area contributed by atoms with Gasteiger partial charge in [-0.15, -0.1) is 24.3 Å². The predicted molar refractivity (Wildman–Crippen MR) is 132 cm³/mol. The van der Waals surface area contributed by atoms with Gasteiger partial charge in [0, 0.05) is 29.5 Å². The van der Waals surface area contributed by atoms with Crippen LogP contribution < -0.4 is 4.74 Å². The molecule has 1 aromatic heterocycles. The highest BCUT2D eigenvalue weighted by Gasteiger charge is 2.33. The molecule has 2 atom stereocenters. The fourth-order valence-electron chi connectivity index (χ4n) is 3.85. The van der Waals surface area contributed by atoms with E-state index in [1.54, 1.807) is 29.5 Å². The number of terminal acetylenes is 1. The molecule has 6 nitrogen and oxygen atoms in total. The third-order valence-electron chi connectivity index (χ3n) is 5.35. The molecule has 0 saturated carbocycles. The summed E-state index contributed by atoms with van der Waals surface area (Å²) in [6.07, 6.45) is 6.96. The minimum Gasteiger partial charge on any atom is -0.491 e. The van der Waals surface area contributed by atoms with Crippen molar-refractivity contribution in [1.29, 1.82) is 0 Å². The Morgan fingerprint density at radius 2 is 2.21 bits per heavy atom. The standard InChI is InChI=1S/C25H29ClN2O4S/c1-3-11-27(15-20(29)17-31-13-4-2)16-25(30)28-12-9-24-22(10-14-33-24)23(28)18-32-21-7-5-19(26)6-8-21/h2-3,5-8,10,14,20,23,29H,1,9,11-13,15-18H2/t20-,23+/m1/s1. The number of amides is 1. The topological polar surface area (TPSA) is 62.2 Å². The number of aliphatic hydroxyl groups excluding tert-OH is 1. The summed E-state index contributed by atoms with van der Waals surface area (Å²) in [5.41, 5.74) is 1.13. The molecule has 176 valence electrons. The van der Waals surface area contributed by atoms with Gasteiger partial charge in [-0.1, -0.05) is 23.6 Å². The molecule has 1 amide bonds. The van der Waals surface area contributed by atoms with E-state index in [-0.39, 0.29) is 38.3 Å². The fraction of sp³-hybridized carbons (Fsp3) is 0.400. The maximum atomic E-state index is 13.4. The largest absolute Gasteiger partial charge is 0.491 e. The molecule has 1 aliphatic rings. The van der Waals surface area contributed by atoms with E-state index in [0.29, 0.717) is 30.5 Å². The number of hydrogen-bond acceptors (Lipinski definition) is 6. The van der Waals surface area contributed by atoms with E-state index in [4.69, 9.17) is 27.5 Å².